The quantitative estimate of drug-likeness (QED) is 0.856. The van der Waals surface area contributed by atoms with Crippen molar-refractivity contribution < 1.29 is 18.3 Å². The van der Waals surface area contributed by atoms with Crippen LogP contribution in [0, 0.1) is 0 Å². The second-order valence-electron chi connectivity index (χ2n) is 5.83. The molecular weight excluding hydrogens is 343 g/mol. The lowest BCUT2D eigenvalue weighted by Gasteiger charge is -2.32. The number of nitrogens with zero attached hydrogens (tertiary/aromatic N) is 4. The highest BCUT2D eigenvalue weighted by molar-refractivity contribution is 7.09. The van der Waals surface area contributed by atoms with E-state index in [2.05, 4.69) is 20.6 Å². The average Bonchev–Trinajstić information content (AvgIpc) is 3.22. The first-order valence-electron chi connectivity index (χ1n) is 7.74. The number of hydrogen-bond acceptors (Lipinski definition) is 6. The van der Waals surface area contributed by atoms with Crippen LogP contribution in [0.2, 0.25) is 0 Å². The van der Waals surface area contributed by atoms with Gasteiger partial charge in [0.15, 0.2) is 5.01 Å². The molecule has 1 aliphatic carbocycles. The molecule has 3 rings (SSSR count). The Labute approximate surface area is 140 Å². The average molecular weight is 361 g/mol. The topological polar surface area (TPSA) is 75.9 Å². The number of alkyl halides is 3. The molecule has 1 fully saturated rings. The molecular formula is C14H18F3N5OS. The van der Waals surface area contributed by atoms with Gasteiger partial charge in [0.1, 0.15) is 5.69 Å². The van der Waals surface area contributed by atoms with Crippen LogP contribution in [0.15, 0.2) is 11.6 Å². The molecule has 0 aromatic carbocycles. The number of hydrogen-bond donors (Lipinski definition) is 2. The molecule has 0 spiro atoms. The van der Waals surface area contributed by atoms with Crippen molar-refractivity contribution in [1.29, 1.82) is 0 Å². The molecule has 0 amide bonds. The van der Waals surface area contributed by atoms with Crippen molar-refractivity contribution in [1.82, 2.24) is 25.3 Å². The number of nitrogens with one attached hydrogen (secondary N) is 1. The molecule has 2 N–H and O–H groups in total. The van der Waals surface area contributed by atoms with Gasteiger partial charge in [0, 0.05) is 18.0 Å². The predicted octanol–water partition coefficient (Wildman–Crippen LogP) is 2.52. The van der Waals surface area contributed by atoms with Gasteiger partial charge >= 0.3 is 6.18 Å². The number of halogens is 3. The van der Waals surface area contributed by atoms with Crippen LogP contribution in [0.25, 0.3) is 0 Å². The number of rotatable bonds is 5. The van der Waals surface area contributed by atoms with Crippen LogP contribution < -0.4 is 5.32 Å². The third-order valence-electron chi connectivity index (χ3n) is 4.13. The molecule has 0 radical (unpaired) electrons. The highest BCUT2D eigenvalue weighted by Crippen LogP contribution is 2.32. The molecule has 0 unspecified atom stereocenters. The van der Waals surface area contributed by atoms with Gasteiger partial charge in [-0.25, -0.2) is 9.67 Å². The van der Waals surface area contributed by atoms with E-state index in [9.17, 15) is 13.2 Å². The van der Waals surface area contributed by atoms with Crippen molar-refractivity contribution in [3.8, 4) is 0 Å². The van der Waals surface area contributed by atoms with E-state index in [1.807, 2.05) is 0 Å². The Balaban J connectivity index is 1.65. The Morgan fingerprint density at radius 3 is 2.75 bits per heavy atom. The molecule has 2 atom stereocenters. The third kappa shape index (κ3) is 3.93. The van der Waals surface area contributed by atoms with Crippen molar-refractivity contribution >= 4 is 11.3 Å². The summed E-state index contributed by atoms with van der Waals surface area (Å²) in [5.74, 6) is 0. The minimum Gasteiger partial charge on any atom is -0.390 e. The number of aromatic nitrogens is 4. The van der Waals surface area contributed by atoms with Crippen molar-refractivity contribution in [3.63, 3.8) is 0 Å². The third-order valence-corrected chi connectivity index (χ3v) is 5.06. The van der Waals surface area contributed by atoms with Crippen molar-refractivity contribution in [3.05, 3.63) is 28.0 Å². The molecule has 1 saturated carbocycles. The summed E-state index contributed by atoms with van der Waals surface area (Å²) in [5, 5.41) is 21.0. The SMILES string of the molecule is OCc1cn([C@@H]2CCCC[C@@H]2NCc2csc(C(F)(F)F)n2)nn1. The fourth-order valence-corrected chi connectivity index (χ4v) is 3.66. The lowest BCUT2D eigenvalue weighted by molar-refractivity contribution is -0.137. The van der Waals surface area contributed by atoms with E-state index >= 15 is 0 Å². The summed E-state index contributed by atoms with van der Waals surface area (Å²) in [6.07, 6.45) is 1.27. The molecule has 2 aromatic rings. The Morgan fingerprint density at radius 2 is 2.08 bits per heavy atom. The van der Waals surface area contributed by atoms with E-state index in [1.165, 1.54) is 5.38 Å². The number of aliphatic hydroxyl groups is 1. The number of thiazole rings is 1. The summed E-state index contributed by atoms with van der Waals surface area (Å²) in [6.45, 7) is 0.124. The molecule has 0 bridgehead atoms. The Morgan fingerprint density at radius 1 is 1.29 bits per heavy atom. The van der Waals surface area contributed by atoms with E-state index in [-0.39, 0.29) is 25.2 Å². The van der Waals surface area contributed by atoms with Crippen LogP contribution >= 0.6 is 11.3 Å². The number of aliphatic hydroxyl groups excluding tert-OH is 1. The Bertz CT molecular complexity index is 671. The van der Waals surface area contributed by atoms with Gasteiger partial charge in [-0.2, -0.15) is 13.2 Å². The molecule has 132 valence electrons. The fraction of sp³-hybridized carbons (Fsp3) is 0.643. The second-order valence-corrected chi connectivity index (χ2v) is 6.69. The van der Waals surface area contributed by atoms with Gasteiger partial charge < -0.3 is 10.4 Å². The zero-order valence-electron chi connectivity index (χ0n) is 12.8. The zero-order chi connectivity index (χ0) is 17.2. The van der Waals surface area contributed by atoms with E-state index in [0.717, 1.165) is 25.7 Å². The summed E-state index contributed by atoms with van der Waals surface area (Å²) in [5.41, 5.74) is 0.903. The molecule has 10 heteroatoms. The van der Waals surface area contributed by atoms with Gasteiger partial charge in [0.05, 0.1) is 24.5 Å². The lowest BCUT2D eigenvalue weighted by atomic mass is 9.90. The van der Waals surface area contributed by atoms with Gasteiger partial charge in [-0.3, -0.25) is 0 Å². The minimum atomic E-state index is -4.39. The monoisotopic (exact) mass is 361 g/mol. The van der Waals surface area contributed by atoms with E-state index in [1.54, 1.807) is 10.9 Å². The molecule has 6 nitrogen and oxygen atoms in total. The van der Waals surface area contributed by atoms with E-state index in [4.69, 9.17) is 5.11 Å². The smallest absolute Gasteiger partial charge is 0.390 e. The summed E-state index contributed by atoms with van der Waals surface area (Å²) in [6, 6.07) is 0.162. The van der Waals surface area contributed by atoms with Crippen LogP contribution in [-0.2, 0) is 19.3 Å². The molecule has 0 aliphatic heterocycles. The first kappa shape index (κ1) is 17.3. The standard InChI is InChI=1S/C14H18F3N5OS/c15-14(16,17)13-19-9(8-24-13)5-18-11-3-1-2-4-12(11)22-6-10(7-23)20-21-22/h6,8,11-12,18,23H,1-5,7H2/t11-,12+/m0/s1. The van der Waals surface area contributed by atoms with Gasteiger partial charge in [0.2, 0.25) is 0 Å². The molecule has 24 heavy (non-hydrogen) atoms. The zero-order valence-corrected chi connectivity index (χ0v) is 13.6. The van der Waals surface area contributed by atoms with E-state index < -0.39 is 11.2 Å². The second kappa shape index (κ2) is 7.16. The normalized spacial score (nSPS) is 22.0. The van der Waals surface area contributed by atoms with Gasteiger partial charge in [0.25, 0.3) is 0 Å². The first-order chi connectivity index (χ1) is 11.5. The van der Waals surface area contributed by atoms with Crippen molar-refractivity contribution in [2.45, 2.75) is 57.1 Å². The van der Waals surface area contributed by atoms with E-state index in [0.29, 0.717) is 22.7 Å². The molecule has 2 aromatic heterocycles. The van der Waals surface area contributed by atoms with Crippen LogP contribution in [0.4, 0.5) is 13.2 Å². The van der Waals surface area contributed by atoms with Crippen molar-refractivity contribution in [2.75, 3.05) is 0 Å². The van der Waals surface area contributed by atoms with Crippen LogP contribution in [0.3, 0.4) is 0 Å². The predicted molar refractivity (Wildman–Crippen MR) is 81.2 cm³/mol. The summed E-state index contributed by atoms with van der Waals surface area (Å²) in [4.78, 5) is 3.64. The molecule has 1 aliphatic rings. The minimum absolute atomic E-state index is 0.0762. The summed E-state index contributed by atoms with van der Waals surface area (Å²) < 4.78 is 39.6. The molecule has 0 saturated heterocycles. The Kier molecular flexibility index (Phi) is 5.16. The highest BCUT2D eigenvalue weighted by atomic mass is 32.1. The Hall–Kier alpha value is -1.52. The van der Waals surface area contributed by atoms with Crippen molar-refractivity contribution in [2.24, 2.45) is 0 Å². The van der Waals surface area contributed by atoms with Crippen LogP contribution in [-0.4, -0.2) is 31.1 Å². The van der Waals surface area contributed by atoms with Gasteiger partial charge in [-0.1, -0.05) is 18.1 Å². The van der Waals surface area contributed by atoms with Crippen LogP contribution in [0.1, 0.15) is 48.1 Å². The molecule has 2 heterocycles. The maximum absolute atomic E-state index is 12.6. The highest BCUT2D eigenvalue weighted by Gasteiger charge is 2.34. The maximum atomic E-state index is 12.6. The van der Waals surface area contributed by atoms with Crippen LogP contribution in [0.5, 0.6) is 0 Å². The summed E-state index contributed by atoms with van der Waals surface area (Å²) >= 11 is 0.615. The first-order valence-corrected chi connectivity index (χ1v) is 8.62. The summed E-state index contributed by atoms with van der Waals surface area (Å²) in [7, 11) is 0. The lowest BCUT2D eigenvalue weighted by Crippen LogP contribution is -2.39. The fourth-order valence-electron chi connectivity index (χ4n) is 2.97. The largest absolute Gasteiger partial charge is 0.443 e. The maximum Gasteiger partial charge on any atom is 0.443 e. The van der Waals surface area contributed by atoms with Gasteiger partial charge in [-0.15, -0.1) is 16.4 Å². The van der Waals surface area contributed by atoms with Gasteiger partial charge in [-0.05, 0) is 12.8 Å².